The van der Waals surface area contributed by atoms with Crippen LogP contribution in [0.25, 0.3) is 0 Å². The number of unbranched alkanes of at least 4 members (excludes halogenated alkanes) is 12. The normalized spacial score (nSPS) is 13.0. The molecule has 0 bridgehead atoms. The third-order valence-electron chi connectivity index (χ3n) is 4.77. The molecule has 1 unspecified atom stereocenters. The monoisotopic (exact) mass is 338 g/mol. The first-order valence-electron chi connectivity index (χ1n) is 11.1. The van der Waals surface area contributed by atoms with Crippen LogP contribution >= 0.6 is 0 Å². The molecule has 1 nitrogen and oxygen atoms in total. The van der Waals surface area contributed by atoms with Crippen molar-refractivity contribution in [1.29, 1.82) is 0 Å². The van der Waals surface area contributed by atoms with E-state index in [1.807, 2.05) is 0 Å². The van der Waals surface area contributed by atoms with Gasteiger partial charge in [-0.3, -0.25) is 0 Å². The minimum absolute atomic E-state index is 0.460. The molecule has 0 fully saturated rings. The minimum atomic E-state index is 0.460. The van der Waals surface area contributed by atoms with Crippen LogP contribution in [0.2, 0.25) is 0 Å². The van der Waals surface area contributed by atoms with E-state index in [0.29, 0.717) is 6.10 Å². The number of hydrogen-bond acceptors (Lipinski definition) is 1. The Morgan fingerprint density at radius 1 is 0.625 bits per heavy atom. The van der Waals surface area contributed by atoms with Crippen LogP contribution < -0.4 is 0 Å². The molecule has 0 heterocycles. The highest BCUT2D eigenvalue weighted by Gasteiger charge is 2.01. The van der Waals surface area contributed by atoms with Crippen LogP contribution in [0, 0.1) is 0 Å². The Morgan fingerprint density at radius 2 is 1.12 bits per heavy atom. The smallest absolute Gasteiger partial charge is 0.0547 e. The summed E-state index contributed by atoms with van der Waals surface area (Å²) >= 11 is 0. The van der Waals surface area contributed by atoms with Gasteiger partial charge in [0.05, 0.1) is 6.10 Å². The van der Waals surface area contributed by atoms with Gasteiger partial charge in [-0.05, 0) is 45.4 Å². The molecule has 0 radical (unpaired) electrons. The molecular weight excluding hydrogens is 292 g/mol. The molecule has 0 N–H and O–H groups in total. The molecular formula is C23H46O. The first-order valence-corrected chi connectivity index (χ1v) is 11.1. The predicted molar refractivity (Wildman–Crippen MR) is 110 cm³/mol. The lowest BCUT2D eigenvalue weighted by Gasteiger charge is -2.12. The molecule has 0 aromatic heterocycles. The van der Waals surface area contributed by atoms with Gasteiger partial charge in [-0.25, -0.2) is 0 Å². The van der Waals surface area contributed by atoms with E-state index in [9.17, 15) is 0 Å². The maximum atomic E-state index is 5.79. The van der Waals surface area contributed by atoms with E-state index in [0.717, 1.165) is 6.61 Å². The maximum Gasteiger partial charge on any atom is 0.0547 e. The number of ether oxygens (including phenoxy) is 1. The van der Waals surface area contributed by atoms with E-state index in [2.05, 4.69) is 32.9 Å². The van der Waals surface area contributed by atoms with Gasteiger partial charge in [0.2, 0.25) is 0 Å². The predicted octanol–water partition coefficient (Wildman–Crippen LogP) is 8.23. The van der Waals surface area contributed by atoms with Gasteiger partial charge < -0.3 is 4.74 Å². The van der Waals surface area contributed by atoms with E-state index < -0.39 is 0 Å². The molecule has 0 saturated heterocycles. The summed E-state index contributed by atoms with van der Waals surface area (Å²) in [6.07, 6.45) is 26.9. The Hall–Kier alpha value is -0.300. The lowest BCUT2D eigenvalue weighted by atomic mass is 10.1. The second-order valence-corrected chi connectivity index (χ2v) is 7.41. The molecule has 0 saturated carbocycles. The summed E-state index contributed by atoms with van der Waals surface area (Å²) in [4.78, 5) is 0. The zero-order chi connectivity index (χ0) is 17.7. The van der Waals surface area contributed by atoms with Crippen LogP contribution in [0.15, 0.2) is 12.2 Å². The summed E-state index contributed by atoms with van der Waals surface area (Å²) < 4.78 is 5.79. The topological polar surface area (TPSA) is 9.23 Å². The van der Waals surface area contributed by atoms with Crippen molar-refractivity contribution in [3.8, 4) is 0 Å². The van der Waals surface area contributed by atoms with Crippen LogP contribution in [0.1, 0.15) is 124 Å². The Balaban J connectivity index is 3.15. The van der Waals surface area contributed by atoms with Gasteiger partial charge >= 0.3 is 0 Å². The fourth-order valence-electron chi connectivity index (χ4n) is 3.01. The third kappa shape index (κ3) is 19.7. The first-order chi connectivity index (χ1) is 11.8. The maximum absolute atomic E-state index is 5.79. The summed E-state index contributed by atoms with van der Waals surface area (Å²) in [7, 11) is 0. The molecule has 0 spiro atoms. The van der Waals surface area contributed by atoms with Crippen LogP contribution in [-0.2, 0) is 4.74 Å². The highest BCUT2D eigenvalue weighted by molar-refractivity contribution is 4.81. The van der Waals surface area contributed by atoms with Gasteiger partial charge in [0.1, 0.15) is 0 Å². The second-order valence-electron chi connectivity index (χ2n) is 7.41. The highest BCUT2D eigenvalue weighted by Crippen LogP contribution is 2.11. The van der Waals surface area contributed by atoms with Gasteiger partial charge in [0.25, 0.3) is 0 Å². The summed E-state index contributed by atoms with van der Waals surface area (Å²) in [5.41, 5.74) is 0. The summed E-state index contributed by atoms with van der Waals surface area (Å²) in [6.45, 7) is 7.68. The Morgan fingerprint density at radius 3 is 1.71 bits per heavy atom. The molecule has 0 rings (SSSR count). The standard InChI is InChI=1S/C23H46O/c1-4-6-8-9-10-11-12-13-14-15-16-17-18-19-20-21-23(3)24-22-7-5-2/h13-14,23H,4-12,15-22H2,1-3H3/b14-13-. The second kappa shape index (κ2) is 20.7. The van der Waals surface area contributed by atoms with Crippen molar-refractivity contribution in [3.63, 3.8) is 0 Å². The molecule has 144 valence electrons. The largest absolute Gasteiger partial charge is 0.379 e. The van der Waals surface area contributed by atoms with Gasteiger partial charge in [-0.1, -0.05) is 90.2 Å². The molecule has 0 aliphatic rings. The van der Waals surface area contributed by atoms with E-state index >= 15 is 0 Å². The lowest BCUT2D eigenvalue weighted by Crippen LogP contribution is -2.08. The molecule has 1 heteroatoms. The highest BCUT2D eigenvalue weighted by atomic mass is 16.5. The number of hydrogen-bond donors (Lipinski definition) is 0. The Kier molecular flexibility index (Phi) is 20.5. The molecule has 24 heavy (non-hydrogen) atoms. The van der Waals surface area contributed by atoms with Crippen LogP contribution in [-0.4, -0.2) is 12.7 Å². The zero-order valence-electron chi connectivity index (χ0n) is 17.2. The molecule has 0 amide bonds. The van der Waals surface area contributed by atoms with Crippen molar-refractivity contribution in [3.05, 3.63) is 12.2 Å². The molecule has 0 aliphatic carbocycles. The van der Waals surface area contributed by atoms with Crippen molar-refractivity contribution < 1.29 is 4.74 Å². The number of allylic oxidation sites excluding steroid dienone is 2. The van der Waals surface area contributed by atoms with Crippen molar-refractivity contribution in [2.75, 3.05) is 6.61 Å². The van der Waals surface area contributed by atoms with Crippen LogP contribution in [0.4, 0.5) is 0 Å². The van der Waals surface area contributed by atoms with Crippen molar-refractivity contribution in [1.82, 2.24) is 0 Å². The Bertz CT molecular complexity index is 246. The lowest BCUT2D eigenvalue weighted by molar-refractivity contribution is 0.0565. The summed E-state index contributed by atoms with van der Waals surface area (Å²) in [5, 5.41) is 0. The zero-order valence-corrected chi connectivity index (χ0v) is 17.2. The van der Waals surface area contributed by atoms with Gasteiger partial charge in [-0.2, -0.15) is 0 Å². The molecule has 0 aliphatic heterocycles. The minimum Gasteiger partial charge on any atom is -0.379 e. The fourth-order valence-corrected chi connectivity index (χ4v) is 3.01. The van der Waals surface area contributed by atoms with E-state index in [-0.39, 0.29) is 0 Å². The number of rotatable bonds is 19. The quantitative estimate of drug-likeness (QED) is 0.170. The van der Waals surface area contributed by atoms with Crippen molar-refractivity contribution in [2.24, 2.45) is 0 Å². The fraction of sp³-hybridized carbons (Fsp3) is 0.913. The van der Waals surface area contributed by atoms with E-state index in [1.54, 1.807) is 0 Å². The van der Waals surface area contributed by atoms with Crippen molar-refractivity contribution in [2.45, 2.75) is 130 Å². The van der Waals surface area contributed by atoms with E-state index in [1.165, 1.54) is 103 Å². The Labute approximate surface area is 153 Å². The third-order valence-corrected chi connectivity index (χ3v) is 4.77. The average molecular weight is 339 g/mol. The molecule has 0 aromatic rings. The van der Waals surface area contributed by atoms with Crippen LogP contribution in [0.3, 0.4) is 0 Å². The van der Waals surface area contributed by atoms with Gasteiger partial charge in [0.15, 0.2) is 0 Å². The van der Waals surface area contributed by atoms with Gasteiger partial charge in [-0.15, -0.1) is 0 Å². The summed E-state index contributed by atoms with van der Waals surface area (Å²) in [6, 6.07) is 0. The molecule has 0 aromatic carbocycles. The average Bonchev–Trinajstić information content (AvgIpc) is 2.58. The summed E-state index contributed by atoms with van der Waals surface area (Å²) in [5.74, 6) is 0. The van der Waals surface area contributed by atoms with Gasteiger partial charge in [0, 0.05) is 6.61 Å². The van der Waals surface area contributed by atoms with Crippen LogP contribution in [0.5, 0.6) is 0 Å². The first kappa shape index (κ1) is 23.7. The molecule has 1 atom stereocenters. The SMILES string of the molecule is CCCCCCCC/C=C\CCCCCCCC(C)OCCCC. The van der Waals surface area contributed by atoms with E-state index in [4.69, 9.17) is 4.74 Å². The van der Waals surface area contributed by atoms with Crippen molar-refractivity contribution >= 4 is 0 Å².